The van der Waals surface area contributed by atoms with Crippen LogP contribution in [0.25, 0.3) is 0 Å². The van der Waals surface area contributed by atoms with Crippen molar-refractivity contribution in [2.24, 2.45) is 0 Å². The molecule has 3 heteroatoms. The van der Waals surface area contributed by atoms with Crippen LogP contribution in [0.15, 0.2) is 12.1 Å². The van der Waals surface area contributed by atoms with Gasteiger partial charge in [0.25, 0.3) is 0 Å². The van der Waals surface area contributed by atoms with Crippen LogP contribution in [0.5, 0.6) is 0 Å². The zero-order valence-electron chi connectivity index (χ0n) is 7.69. The van der Waals surface area contributed by atoms with Gasteiger partial charge in [0, 0.05) is 15.7 Å². The lowest BCUT2D eigenvalue weighted by molar-refractivity contribution is 0.125. The molecule has 0 aromatic carbocycles. The number of thiophene rings is 1. The molecule has 2 nitrogen and oxygen atoms in total. The second kappa shape index (κ2) is 3.78. The minimum absolute atomic E-state index is 0.213. The van der Waals surface area contributed by atoms with Crippen LogP contribution in [0.2, 0.25) is 0 Å². The van der Waals surface area contributed by atoms with Crippen molar-refractivity contribution in [3.05, 3.63) is 21.9 Å². The molecule has 2 heterocycles. The highest BCUT2D eigenvalue weighted by Crippen LogP contribution is 2.31. The molecule has 0 bridgehead atoms. The predicted octanol–water partition coefficient (Wildman–Crippen LogP) is 1.79. The van der Waals surface area contributed by atoms with Gasteiger partial charge in [-0.15, -0.1) is 11.3 Å². The van der Waals surface area contributed by atoms with Gasteiger partial charge in [-0.1, -0.05) is 6.92 Å². The Labute approximate surface area is 82.2 Å². The molecule has 0 amide bonds. The number of rotatable bonds is 2. The quantitative estimate of drug-likeness (QED) is 0.785. The summed E-state index contributed by atoms with van der Waals surface area (Å²) in [5, 5.41) is 9.61. The molecule has 1 N–H and O–H groups in total. The maximum absolute atomic E-state index is 9.61. The Morgan fingerprint density at radius 2 is 2.38 bits per heavy atom. The molecule has 1 fully saturated rings. The third-order valence-electron chi connectivity index (χ3n) is 2.45. The summed E-state index contributed by atoms with van der Waals surface area (Å²) in [6.07, 6.45) is 0.775. The van der Waals surface area contributed by atoms with Crippen molar-refractivity contribution in [2.45, 2.75) is 25.4 Å². The molecule has 0 unspecified atom stereocenters. The van der Waals surface area contributed by atoms with Gasteiger partial charge in [-0.05, 0) is 18.6 Å². The molecule has 1 aromatic heterocycles. The summed E-state index contributed by atoms with van der Waals surface area (Å²) in [5.74, 6) is 0.213. The molecule has 1 aromatic rings. The van der Waals surface area contributed by atoms with E-state index in [1.54, 1.807) is 11.3 Å². The topological polar surface area (TPSA) is 29.5 Å². The second-order valence-corrected chi connectivity index (χ2v) is 4.57. The number of aliphatic hydroxyl groups is 1. The van der Waals surface area contributed by atoms with E-state index in [-0.39, 0.29) is 12.0 Å². The van der Waals surface area contributed by atoms with E-state index < -0.39 is 0 Å². The van der Waals surface area contributed by atoms with Gasteiger partial charge in [0.05, 0.1) is 19.3 Å². The van der Waals surface area contributed by atoms with Crippen LogP contribution in [-0.4, -0.2) is 24.4 Å². The third kappa shape index (κ3) is 1.77. The lowest BCUT2D eigenvalue weighted by atomic mass is 10.1. The van der Waals surface area contributed by atoms with Crippen molar-refractivity contribution in [3.8, 4) is 0 Å². The summed E-state index contributed by atoms with van der Waals surface area (Å²) in [6.45, 7) is 3.31. The molecule has 0 radical (unpaired) electrons. The highest BCUT2D eigenvalue weighted by atomic mass is 32.1. The van der Waals surface area contributed by atoms with Crippen LogP contribution >= 0.6 is 11.3 Å². The number of hydrogen-bond donors (Lipinski definition) is 1. The highest BCUT2D eigenvalue weighted by molar-refractivity contribution is 7.12. The maximum atomic E-state index is 9.61. The molecular weight excluding hydrogens is 184 g/mol. The van der Waals surface area contributed by atoms with E-state index in [1.807, 2.05) is 0 Å². The summed E-state index contributed by atoms with van der Waals surface area (Å²) >= 11 is 1.79. The van der Waals surface area contributed by atoms with Crippen molar-refractivity contribution in [1.82, 2.24) is 0 Å². The van der Waals surface area contributed by atoms with Gasteiger partial charge in [0.15, 0.2) is 0 Å². The Bertz CT molecular complexity index is 282. The SMILES string of the molecule is CCc1ccc([C@@H]2COC[C@H]2O)s1. The monoisotopic (exact) mass is 198 g/mol. The molecule has 1 aliphatic rings. The van der Waals surface area contributed by atoms with Crippen molar-refractivity contribution in [3.63, 3.8) is 0 Å². The van der Waals surface area contributed by atoms with E-state index in [0.29, 0.717) is 13.2 Å². The van der Waals surface area contributed by atoms with Gasteiger partial charge in [-0.3, -0.25) is 0 Å². The fraction of sp³-hybridized carbons (Fsp3) is 0.600. The van der Waals surface area contributed by atoms with Crippen molar-refractivity contribution in [1.29, 1.82) is 0 Å². The highest BCUT2D eigenvalue weighted by Gasteiger charge is 2.28. The third-order valence-corrected chi connectivity index (χ3v) is 3.81. The molecule has 1 aliphatic heterocycles. The molecular formula is C10H14O2S. The Kier molecular flexibility index (Phi) is 2.67. The predicted molar refractivity (Wildman–Crippen MR) is 53.3 cm³/mol. The fourth-order valence-electron chi connectivity index (χ4n) is 1.60. The molecule has 1 saturated heterocycles. The van der Waals surface area contributed by atoms with Crippen LogP contribution in [0.4, 0.5) is 0 Å². The van der Waals surface area contributed by atoms with E-state index in [2.05, 4.69) is 19.1 Å². The van der Waals surface area contributed by atoms with Crippen LogP contribution in [0.1, 0.15) is 22.6 Å². The zero-order chi connectivity index (χ0) is 9.26. The Hall–Kier alpha value is -0.380. The minimum Gasteiger partial charge on any atom is -0.390 e. The molecule has 2 atom stereocenters. The fourth-order valence-corrected chi connectivity index (χ4v) is 2.69. The zero-order valence-corrected chi connectivity index (χ0v) is 8.51. The maximum Gasteiger partial charge on any atom is 0.0872 e. The van der Waals surface area contributed by atoms with Crippen LogP contribution in [-0.2, 0) is 11.2 Å². The van der Waals surface area contributed by atoms with E-state index >= 15 is 0 Å². The largest absolute Gasteiger partial charge is 0.390 e. The first kappa shape index (κ1) is 9.19. The second-order valence-electron chi connectivity index (χ2n) is 3.37. The summed E-state index contributed by atoms with van der Waals surface area (Å²) in [6, 6.07) is 4.26. The standard InChI is InChI=1S/C10H14O2S/c1-2-7-3-4-10(13-7)8-5-12-6-9(8)11/h3-4,8-9,11H,2,5-6H2,1H3/t8-,9-/m1/s1. The van der Waals surface area contributed by atoms with Crippen LogP contribution in [0.3, 0.4) is 0 Å². The first-order valence-corrected chi connectivity index (χ1v) is 5.47. The Morgan fingerprint density at radius 1 is 1.54 bits per heavy atom. The average Bonchev–Trinajstić information content (AvgIpc) is 2.71. The van der Waals surface area contributed by atoms with Crippen LogP contribution in [0, 0.1) is 0 Å². The van der Waals surface area contributed by atoms with Gasteiger partial charge in [0.2, 0.25) is 0 Å². The van der Waals surface area contributed by atoms with E-state index in [4.69, 9.17) is 4.74 Å². The van der Waals surface area contributed by atoms with Gasteiger partial charge in [-0.2, -0.15) is 0 Å². The Morgan fingerprint density at radius 3 is 2.92 bits per heavy atom. The number of ether oxygens (including phenoxy) is 1. The molecule has 0 saturated carbocycles. The summed E-state index contributed by atoms with van der Waals surface area (Å²) < 4.78 is 5.22. The number of hydrogen-bond acceptors (Lipinski definition) is 3. The molecule has 0 aliphatic carbocycles. The van der Waals surface area contributed by atoms with Crippen LogP contribution < -0.4 is 0 Å². The summed E-state index contributed by atoms with van der Waals surface area (Å²) in [5.41, 5.74) is 0. The lowest BCUT2D eigenvalue weighted by Crippen LogP contribution is -2.14. The minimum atomic E-state index is -0.302. The summed E-state index contributed by atoms with van der Waals surface area (Å²) in [4.78, 5) is 2.65. The summed E-state index contributed by atoms with van der Waals surface area (Å²) in [7, 11) is 0. The van der Waals surface area contributed by atoms with Gasteiger partial charge in [-0.25, -0.2) is 0 Å². The number of aliphatic hydroxyl groups excluding tert-OH is 1. The molecule has 72 valence electrons. The first-order chi connectivity index (χ1) is 6.31. The normalized spacial score (nSPS) is 28.2. The van der Waals surface area contributed by atoms with E-state index in [9.17, 15) is 5.11 Å². The van der Waals surface area contributed by atoms with Crippen molar-refractivity contribution >= 4 is 11.3 Å². The van der Waals surface area contributed by atoms with E-state index in [1.165, 1.54) is 9.75 Å². The average molecular weight is 198 g/mol. The Balaban J connectivity index is 2.15. The number of aryl methyl sites for hydroxylation is 1. The van der Waals surface area contributed by atoms with Crippen molar-refractivity contribution < 1.29 is 9.84 Å². The molecule has 0 spiro atoms. The first-order valence-electron chi connectivity index (χ1n) is 4.65. The molecule has 2 rings (SSSR count). The van der Waals surface area contributed by atoms with Crippen molar-refractivity contribution in [2.75, 3.05) is 13.2 Å². The van der Waals surface area contributed by atoms with E-state index in [0.717, 1.165) is 6.42 Å². The molecule has 13 heavy (non-hydrogen) atoms. The van der Waals surface area contributed by atoms with Gasteiger partial charge in [0.1, 0.15) is 0 Å². The van der Waals surface area contributed by atoms with Gasteiger partial charge < -0.3 is 9.84 Å². The smallest absolute Gasteiger partial charge is 0.0872 e. The van der Waals surface area contributed by atoms with Gasteiger partial charge >= 0.3 is 0 Å². The lowest BCUT2D eigenvalue weighted by Gasteiger charge is -2.08.